The highest BCUT2D eigenvalue weighted by Crippen LogP contribution is 2.26. The second-order valence-corrected chi connectivity index (χ2v) is 7.43. The zero-order valence-corrected chi connectivity index (χ0v) is 16.3. The molecule has 1 aromatic carbocycles. The molecular weight excluding hydrogens is 378 g/mol. The van der Waals surface area contributed by atoms with E-state index in [4.69, 9.17) is 9.72 Å². The van der Waals surface area contributed by atoms with E-state index >= 15 is 0 Å². The van der Waals surface area contributed by atoms with E-state index in [-0.39, 0.29) is 11.8 Å². The summed E-state index contributed by atoms with van der Waals surface area (Å²) in [6, 6.07) is 15.6. The van der Waals surface area contributed by atoms with E-state index in [1.807, 2.05) is 48.5 Å². The summed E-state index contributed by atoms with van der Waals surface area (Å²) in [5.41, 5.74) is 3.78. The van der Waals surface area contributed by atoms with Crippen LogP contribution in [-0.2, 0) is 11.2 Å². The van der Waals surface area contributed by atoms with Gasteiger partial charge in [0.05, 0.1) is 11.2 Å². The van der Waals surface area contributed by atoms with Crippen molar-refractivity contribution in [2.45, 2.75) is 19.3 Å². The minimum absolute atomic E-state index is 0.116. The van der Waals surface area contributed by atoms with E-state index < -0.39 is 0 Å². The van der Waals surface area contributed by atoms with Crippen LogP contribution in [0.15, 0.2) is 60.9 Å². The van der Waals surface area contributed by atoms with E-state index in [1.54, 1.807) is 12.4 Å². The smallest absolute Gasteiger partial charge is 0.223 e. The second-order valence-electron chi connectivity index (χ2n) is 7.43. The fourth-order valence-corrected chi connectivity index (χ4v) is 3.73. The zero-order valence-electron chi connectivity index (χ0n) is 16.3. The second kappa shape index (κ2) is 7.94. The van der Waals surface area contributed by atoms with Crippen molar-refractivity contribution < 1.29 is 9.53 Å². The number of aromatic nitrogens is 4. The molecule has 1 aliphatic rings. The Hall–Kier alpha value is -3.74. The van der Waals surface area contributed by atoms with Gasteiger partial charge in [0.2, 0.25) is 11.8 Å². The number of rotatable bonds is 6. The maximum absolute atomic E-state index is 11.7. The molecule has 1 saturated heterocycles. The molecule has 4 aromatic rings. The van der Waals surface area contributed by atoms with Gasteiger partial charge in [0, 0.05) is 47.6 Å². The van der Waals surface area contributed by atoms with Crippen LogP contribution < -0.4 is 10.1 Å². The van der Waals surface area contributed by atoms with Crippen molar-refractivity contribution in [3.05, 3.63) is 66.6 Å². The van der Waals surface area contributed by atoms with E-state index in [0.717, 1.165) is 53.7 Å². The minimum Gasteiger partial charge on any atom is -0.439 e. The maximum atomic E-state index is 11.7. The number of carbonyl (C=O) groups excluding carboxylic acids is 1. The monoisotopic (exact) mass is 399 g/mol. The maximum Gasteiger partial charge on any atom is 0.223 e. The Labute approximate surface area is 173 Å². The molecule has 1 fully saturated rings. The lowest BCUT2D eigenvalue weighted by Crippen LogP contribution is -2.19. The molecule has 3 aromatic heterocycles. The van der Waals surface area contributed by atoms with Crippen molar-refractivity contribution >= 4 is 16.8 Å². The predicted octanol–water partition coefficient (Wildman–Crippen LogP) is 3.88. The first kappa shape index (κ1) is 18.3. The van der Waals surface area contributed by atoms with Crippen molar-refractivity contribution in [2.75, 3.05) is 6.54 Å². The van der Waals surface area contributed by atoms with Crippen molar-refractivity contribution in [1.29, 1.82) is 0 Å². The van der Waals surface area contributed by atoms with Crippen molar-refractivity contribution in [1.82, 2.24) is 25.5 Å². The largest absolute Gasteiger partial charge is 0.439 e. The number of nitrogens with one attached hydrogen (secondary N) is 2. The predicted molar refractivity (Wildman–Crippen MR) is 113 cm³/mol. The molecule has 2 N–H and O–H groups in total. The van der Waals surface area contributed by atoms with E-state index in [2.05, 4.69) is 20.5 Å². The first-order chi connectivity index (χ1) is 14.7. The number of carbonyl (C=O) groups is 1. The molecule has 4 heterocycles. The molecular formula is C23H21N5O2. The number of ether oxygens (including phenoxy) is 1. The molecule has 0 saturated carbocycles. The molecule has 1 aliphatic heterocycles. The molecule has 7 heteroatoms. The third-order valence-corrected chi connectivity index (χ3v) is 5.40. The van der Waals surface area contributed by atoms with Crippen LogP contribution in [0.5, 0.6) is 11.6 Å². The fraction of sp³-hybridized carbons (Fsp3) is 0.217. The highest BCUT2D eigenvalue weighted by atomic mass is 16.5. The van der Waals surface area contributed by atoms with Crippen LogP contribution in [0.2, 0.25) is 0 Å². The van der Waals surface area contributed by atoms with Gasteiger partial charge >= 0.3 is 0 Å². The van der Waals surface area contributed by atoms with Crippen molar-refractivity contribution in [3.63, 3.8) is 0 Å². The number of pyridine rings is 2. The lowest BCUT2D eigenvalue weighted by atomic mass is 10.00. The lowest BCUT2D eigenvalue weighted by molar-refractivity contribution is -0.122. The van der Waals surface area contributed by atoms with Crippen LogP contribution >= 0.6 is 0 Å². The first-order valence-corrected chi connectivity index (χ1v) is 10.1. The summed E-state index contributed by atoms with van der Waals surface area (Å²) in [6.07, 6.45) is 6.02. The van der Waals surface area contributed by atoms with Crippen molar-refractivity contribution in [2.24, 2.45) is 5.92 Å². The molecule has 1 atom stereocenters. The number of fused-ring (bicyclic) bond motifs is 1. The summed E-state index contributed by atoms with van der Waals surface area (Å²) < 4.78 is 5.91. The molecule has 0 spiro atoms. The number of hydrogen-bond donors (Lipinski definition) is 2. The van der Waals surface area contributed by atoms with Gasteiger partial charge in [-0.2, -0.15) is 5.10 Å². The topological polar surface area (TPSA) is 92.8 Å². The number of amides is 1. The Morgan fingerprint density at radius 1 is 1.10 bits per heavy atom. The molecule has 0 unspecified atom stereocenters. The summed E-state index contributed by atoms with van der Waals surface area (Å²) in [5, 5.41) is 10.8. The van der Waals surface area contributed by atoms with Gasteiger partial charge in [-0.15, -0.1) is 0 Å². The Morgan fingerprint density at radius 2 is 2.07 bits per heavy atom. The van der Waals surface area contributed by atoms with Gasteiger partial charge in [0.15, 0.2) is 0 Å². The molecule has 1 amide bonds. The quantitative estimate of drug-likeness (QED) is 0.513. The summed E-state index contributed by atoms with van der Waals surface area (Å²) >= 11 is 0. The summed E-state index contributed by atoms with van der Waals surface area (Å²) in [6.45, 7) is 0.790. The van der Waals surface area contributed by atoms with Crippen LogP contribution in [0, 0.1) is 5.92 Å². The molecule has 0 radical (unpaired) electrons. The molecule has 150 valence electrons. The minimum atomic E-state index is 0.116. The normalized spacial score (nSPS) is 16.0. The van der Waals surface area contributed by atoms with Crippen LogP contribution in [0.3, 0.4) is 0 Å². The van der Waals surface area contributed by atoms with Gasteiger partial charge in [-0.1, -0.05) is 6.07 Å². The van der Waals surface area contributed by atoms with Gasteiger partial charge in [0.1, 0.15) is 5.75 Å². The highest BCUT2D eigenvalue weighted by molar-refractivity contribution is 5.81. The zero-order chi connectivity index (χ0) is 20.3. The van der Waals surface area contributed by atoms with E-state index in [9.17, 15) is 4.79 Å². The third kappa shape index (κ3) is 3.87. The summed E-state index contributed by atoms with van der Waals surface area (Å²) in [7, 11) is 0. The van der Waals surface area contributed by atoms with Gasteiger partial charge < -0.3 is 10.1 Å². The van der Waals surface area contributed by atoms with Crippen LogP contribution in [0.4, 0.5) is 0 Å². The Balaban J connectivity index is 1.27. The Morgan fingerprint density at radius 3 is 2.83 bits per heavy atom. The van der Waals surface area contributed by atoms with Gasteiger partial charge in [-0.25, -0.2) is 4.98 Å². The van der Waals surface area contributed by atoms with Gasteiger partial charge in [-0.05, 0) is 55.7 Å². The first-order valence-electron chi connectivity index (χ1n) is 10.1. The van der Waals surface area contributed by atoms with Crippen LogP contribution in [-0.4, -0.2) is 32.6 Å². The lowest BCUT2D eigenvalue weighted by Gasteiger charge is -2.09. The average Bonchev–Trinajstić information content (AvgIpc) is 3.45. The average molecular weight is 399 g/mol. The Bertz CT molecular complexity index is 1170. The van der Waals surface area contributed by atoms with Crippen molar-refractivity contribution in [3.8, 4) is 22.9 Å². The van der Waals surface area contributed by atoms with Crippen LogP contribution in [0.25, 0.3) is 22.2 Å². The summed E-state index contributed by atoms with van der Waals surface area (Å²) in [4.78, 5) is 20.8. The van der Waals surface area contributed by atoms with E-state index in [0.29, 0.717) is 11.6 Å². The summed E-state index contributed by atoms with van der Waals surface area (Å²) in [5.74, 6) is 1.52. The number of H-pyrrole nitrogens is 1. The molecule has 0 bridgehead atoms. The molecule has 0 aliphatic carbocycles. The number of aromatic amines is 1. The number of aryl methyl sites for hydroxylation is 1. The fourth-order valence-electron chi connectivity index (χ4n) is 3.73. The number of benzene rings is 1. The molecule has 5 rings (SSSR count). The SMILES string of the molecule is O=C1NCC[C@@H]1CCc1ccc2cc(Oc3ccc(-c4ccn[nH]4)cn3)ccc2n1. The number of nitrogens with zero attached hydrogens (tertiary/aromatic N) is 3. The van der Waals surface area contributed by atoms with Gasteiger partial charge in [-0.3, -0.25) is 14.9 Å². The standard InChI is InChI=1S/C23H21N5O2/c29-23-15(9-11-24-23)1-4-18-5-2-16-13-19(6-7-20(16)27-18)30-22-8-3-17(14-25-22)21-10-12-26-28-21/h2-3,5-8,10,12-15H,1,4,9,11H2,(H,24,29)(H,26,28)/t15-/m0/s1. The van der Waals surface area contributed by atoms with Crippen LogP contribution in [0.1, 0.15) is 18.5 Å². The van der Waals surface area contributed by atoms with Gasteiger partial charge in [0.25, 0.3) is 0 Å². The Kier molecular flexibility index (Phi) is 4.85. The number of hydrogen-bond acceptors (Lipinski definition) is 5. The third-order valence-electron chi connectivity index (χ3n) is 5.40. The van der Waals surface area contributed by atoms with E-state index in [1.165, 1.54) is 0 Å². The molecule has 7 nitrogen and oxygen atoms in total. The molecule has 30 heavy (non-hydrogen) atoms. The highest BCUT2D eigenvalue weighted by Gasteiger charge is 2.23.